The number of rotatable bonds is 6. The average Bonchev–Trinajstić information content (AvgIpc) is 2.72. The van der Waals surface area contributed by atoms with Gasteiger partial charge in [0.15, 0.2) is 0 Å². The van der Waals surface area contributed by atoms with Crippen molar-refractivity contribution in [3.05, 3.63) is 46.7 Å². The van der Waals surface area contributed by atoms with E-state index in [9.17, 15) is 9.59 Å². The van der Waals surface area contributed by atoms with Crippen LogP contribution in [0.4, 0.5) is 4.79 Å². The molecular weight excluding hydrogens is 378 g/mol. The van der Waals surface area contributed by atoms with Gasteiger partial charge in [-0.25, -0.2) is 9.59 Å². The van der Waals surface area contributed by atoms with Crippen molar-refractivity contribution in [3.63, 3.8) is 0 Å². The van der Waals surface area contributed by atoms with E-state index in [1.807, 2.05) is 19.1 Å². The van der Waals surface area contributed by atoms with E-state index in [1.54, 1.807) is 11.9 Å². The second-order valence-corrected chi connectivity index (χ2v) is 8.66. The number of nitrogens with one attached hydrogen (secondary N) is 1. The fourth-order valence-corrected chi connectivity index (χ4v) is 4.31. The number of urea groups is 1. The smallest absolute Gasteiger partial charge is 0.338 e. The molecule has 2 atom stereocenters. The highest BCUT2D eigenvalue weighted by Gasteiger charge is 2.38. The average molecular weight is 414 g/mol. The SMILES string of the molecule is CCOC(=O)C1=C(CN2CCCC[C@@H]2C)N(C)C(=O)N[C@H]1c1ccc(C(C)C)cc1. The second-order valence-electron chi connectivity index (χ2n) is 8.66. The summed E-state index contributed by atoms with van der Waals surface area (Å²) in [5.41, 5.74) is 3.40. The van der Waals surface area contributed by atoms with Crippen LogP contribution in [-0.4, -0.2) is 54.6 Å². The summed E-state index contributed by atoms with van der Waals surface area (Å²) < 4.78 is 5.43. The lowest BCUT2D eigenvalue weighted by atomic mass is 9.92. The van der Waals surface area contributed by atoms with Crippen molar-refractivity contribution < 1.29 is 14.3 Å². The molecule has 1 fully saturated rings. The Labute approximate surface area is 180 Å². The van der Waals surface area contributed by atoms with Crippen LogP contribution < -0.4 is 5.32 Å². The lowest BCUT2D eigenvalue weighted by Gasteiger charge is -2.39. The van der Waals surface area contributed by atoms with E-state index >= 15 is 0 Å². The van der Waals surface area contributed by atoms with Gasteiger partial charge in [-0.2, -0.15) is 0 Å². The number of piperidine rings is 1. The molecular formula is C24H35N3O3. The van der Waals surface area contributed by atoms with Gasteiger partial charge in [0.05, 0.1) is 18.2 Å². The molecule has 1 saturated heterocycles. The molecule has 0 radical (unpaired) electrons. The van der Waals surface area contributed by atoms with Crippen molar-refractivity contribution in [2.45, 2.75) is 65.0 Å². The Morgan fingerprint density at radius 3 is 2.53 bits per heavy atom. The minimum absolute atomic E-state index is 0.194. The largest absolute Gasteiger partial charge is 0.463 e. The summed E-state index contributed by atoms with van der Waals surface area (Å²) in [6.45, 7) is 10.2. The molecule has 2 heterocycles. The van der Waals surface area contributed by atoms with Crippen LogP contribution in [0.15, 0.2) is 35.5 Å². The molecule has 2 amide bonds. The number of ether oxygens (including phenoxy) is 1. The fraction of sp³-hybridized carbons (Fsp3) is 0.583. The lowest BCUT2D eigenvalue weighted by Crippen LogP contribution is -2.50. The molecule has 0 saturated carbocycles. The van der Waals surface area contributed by atoms with Gasteiger partial charge in [0.1, 0.15) is 0 Å². The van der Waals surface area contributed by atoms with Crippen LogP contribution >= 0.6 is 0 Å². The Hall–Kier alpha value is -2.34. The van der Waals surface area contributed by atoms with Crippen LogP contribution in [0.3, 0.4) is 0 Å². The third-order valence-corrected chi connectivity index (χ3v) is 6.30. The molecule has 0 bridgehead atoms. The molecule has 0 spiro atoms. The number of esters is 1. The molecule has 1 aromatic carbocycles. The first-order valence-corrected chi connectivity index (χ1v) is 11.1. The highest BCUT2D eigenvalue weighted by atomic mass is 16.5. The number of nitrogens with zero attached hydrogens (tertiary/aromatic N) is 2. The zero-order valence-corrected chi connectivity index (χ0v) is 18.9. The standard InChI is InChI=1S/C24H35N3O3/c1-6-30-23(28)21-20(15-27-14-8-7-9-17(27)4)26(5)24(29)25-22(21)19-12-10-18(11-13-19)16(2)3/h10-13,16-17,22H,6-9,14-15H2,1-5H3,(H,25,29)/t17-,22-/m0/s1. The number of hydrogen-bond acceptors (Lipinski definition) is 4. The normalized spacial score (nSPS) is 23.0. The third kappa shape index (κ3) is 4.69. The first kappa shape index (κ1) is 22.3. The molecule has 1 N–H and O–H groups in total. The van der Waals surface area contributed by atoms with Gasteiger partial charge in [-0.3, -0.25) is 9.80 Å². The molecule has 164 valence electrons. The molecule has 30 heavy (non-hydrogen) atoms. The summed E-state index contributed by atoms with van der Waals surface area (Å²) in [5, 5.41) is 3.01. The topological polar surface area (TPSA) is 61.9 Å². The predicted octanol–water partition coefficient (Wildman–Crippen LogP) is 4.20. The molecule has 2 aliphatic rings. The van der Waals surface area contributed by atoms with Crippen LogP contribution in [0, 0.1) is 0 Å². The molecule has 6 nitrogen and oxygen atoms in total. The van der Waals surface area contributed by atoms with E-state index < -0.39 is 6.04 Å². The number of carbonyl (C=O) groups is 2. The van der Waals surface area contributed by atoms with Crippen molar-refractivity contribution in [2.75, 3.05) is 26.7 Å². The van der Waals surface area contributed by atoms with Crippen molar-refractivity contribution in [2.24, 2.45) is 0 Å². The van der Waals surface area contributed by atoms with Gasteiger partial charge >= 0.3 is 12.0 Å². The summed E-state index contributed by atoms with van der Waals surface area (Å²) in [6, 6.07) is 7.87. The molecule has 6 heteroatoms. The summed E-state index contributed by atoms with van der Waals surface area (Å²) in [5.74, 6) is 0.0595. The van der Waals surface area contributed by atoms with E-state index in [0.29, 0.717) is 30.7 Å². The van der Waals surface area contributed by atoms with Gasteiger partial charge in [0.25, 0.3) is 0 Å². The number of hydrogen-bond donors (Lipinski definition) is 1. The molecule has 0 aromatic heterocycles. The van der Waals surface area contributed by atoms with Crippen molar-refractivity contribution in [1.29, 1.82) is 0 Å². The van der Waals surface area contributed by atoms with E-state index in [1.165, 1.54) is 12.0 Å². The van der Waals surface area contributed by atoms with Gasteiger partial charge in [0, 0.05) is 25.3 Å². The predicted molar refractivity (Wildman–Crippen MR) is 118 cm³/mol. The van der Waals surface area contributed by atoms with E-state index in [4.69, 9.17) is 4.74 Å². The van der Waals surface area contributed by atoms with Gasteiger partial charge in [0.2, 0.25) is 0 Å². The Morgan fingerprint density at radius 2 is 1.93 bits per heavy atom. The monoisotopic (exact) mass is 413 g/mol. The Bertz CT molecular complexity index is 800. The Morgan fingerprint density at radius 1 is 1.23 bits per heavy atom. The number of benzene rings is 1. The van der Waals surface area contributed by atoms with E-state index in [-0.39, 0.29) is 12.0 Å². The van der Waals surface area contributed by atoms with Crippen molar-refractivity contribution in [3.8, 4) is 0 Å². The zero-order valence-electron chi connectivity index (χ0n) is 18.9. The van der Waals surface area contributed by atoms with Crippen molar-refractivity contribution >= 4 is 12.0 Å². The first-order valence-electron chi connectivity index (χ1n) is 11.1. The number of carbonyl (C=O) groups excluding carboxylic acids is 2. The minimum Gasteiger partial charge on any atom is -0.463 e. The van der Waals surface area contributed by atoms with E-state index in [0.717, 1.165) is 30.6 Å². The maximum Gasteiger partial charge on any atom is 0.338 e. The van der Waals surface area contributed by atoms with Crippen LogP contribution in [0.25, 0.3) is 0 Å². The van der Waals surface area contributed by atoms with Gasteiger partial charge in [-0.05, 0) is 50.3 Å². The highest BCUT2D eigenvalue weighted by molar-refractivity contribution is 5.95. The maximum absolute atomic E-state index is 13.1. The number of likely N-dealkylation sites (tertiary alicyclic amines) is 1. The molecule has 3 rings (SSSR count). The van der Waals surface area contributed by atoms with E-state index in [2.05, 4.69) is 43.1 Å². The summed E-state index contributed by atoms with van der Waals surface area (Å²) in [7, 11) is 1.73. The van der Waals surface area contributed by atoms with Gasteiger partial charge < -0.3 is 10.1 Å². The number of amides is 2. The quantitative estimate of drug-likeness (QED) is 0.710. The summed E-state index contributed by atoms with van der Waals surface area (Å²) >= 11 is 0. The minimum atomic E-state index is -0.510. The zero-order chi connectivity index (χ0) is 21.8. The summed E-state index contributed by atoms with van der Waals surface area (Å²) in [4.78, 5) is 29.8. The van der Waals surface area contributed by atoms with Crippen LogP contribution in [-0.2, 0) is 9.53 Å². The summed E-state index contributed by atoms with van der Waals surface area (Å²) in [6.07, 6.45) is 3.50. The fourth-order valence-electron chi connectivity index (χ4n) is 4.31. The lowest BCUT2D eigenvalue weighted by molar-refractivity contribution is -0.139. The molecule has 1 aromatic rings. The van der Waals surface area contributed by atoms with Crippen molar-refractivity contribution in [1.82, 2.24) is 15.1 Å². The van der Waals surface area contributed by atoms with Gasteiger partial charge in [-0.15, -0.1) is 0 Å². The second kappa shape index (κ2) is 9.65. The maximum atomic E-state index is 13.1. The molecule has 0 unspecified atom stereocenters. The first-order chi connectivity index (χ1) is 14.3. The molecule has 2 aliphatic heterocycles. The third-order valence-electron chi connectivity index (χ3n) is 6.30. The molecule has 0 aliphatic carbocycles. The van der Waals surface area contributed by atoms with Crippen LogP contribution in [0.2, 0.25) is 0 Å². The Kier molecular flexibility index (Phi) is 7.19. The Balaban J connectivity index is 2.04. The van der Waals surface area contributed by atoms with Crippen LogP contribution in [0.5, 0.6) is 0 Å². The number of likely N-dealkylation sites (N-methyl/N-ethyl adjacent to an activating group) is 1. The highest BCUT2D eigenvalue weighted by Crippen LogP contribution is 2.33. The van der Waals surface area contributed by atoms with Crippen LogP contribution in [0.1, 0.15) is 70.0 Å². The van der Waals surface area contributed by atoms with Gasteiger partial charge in [-0.1, -0.05) is 44.5 Å².